The van der Waals surface area contributed by atoms with Crippen molar-refractivity contribution in [3.05, 3.63) is 78.4 Å². The van der Waals surface area contributed by atoms with Gasteiger partial charge in [0.1, 0.15) is 5.82 Å². The van der Waals surface area contributed by atoms with Crippen molar-refractivity contribution in [3.8, 4) is 0 Å². The van der Waals surface area contributed by atoms with E-state index in [-0.39, 0.29) is 4.90 Å². The van der Waals surface area contributed by atoms with Crippen LogP contribution in [0.5, 0.6) is 0 Å². The molecule has 8 heteroatoms. The molecule has 164 valence electrons. The molecule has 0 aliphatic carbocycles. The van der Waals surface area contributed by atoms with Gasteiger partial charge in [-0.1, -0.05) is 30.3 Å². The van der Waals surface area contributed by atoms with Gasteiger partial charge in [0.05, 0.1) is 15.3 Å². The molecular formula is C24H25N5O2S. The Hall–Kier alpha value is -3.65. The molecule has 1 aromatic heterocycles. The third-order valence-corrected chi connectivity index (χ3v) is 7.07. The zero-order valence-electron chi connectivity index (χ0n) is 18.2. The van der Waals surface area contributed by atoms with Gasteiger partial charge in [0.25, 0.3) is 0 Å². The van der Waals surface area contributed by atoms with Gasteiger partial charge in [-0.2, -0.15) is 4.98 Å². The minimum atomic E-state index is -3.51. The lowest BCUT2D eigenvalue weighted by Crippen LogP contribution is -2.16. The van der Waals surface area contributed by atoms with Crippen molar-refractivity contribution in [2.24, 2.45) is 0 Å². The molecule has 0 atom stereocenters. The normalized spacial score (nSPS) is 11.3. The first kappa shape index (κ1) is 21.6. The summed E-state index contributed by atoms with van der Waals surface area (Å²) >= 11 is 0. The molecule has 4 rings (SSSR count). The highest BCUT2D eigenvalue weighted by atomic mass is 32.2. The largest absolute Gasteiger partial charge is 0.372 e. The SMILES string of the molecule is CNc1nc(NC)c2cc(N(C)Cc3ccc(S(=O)(=O)c4ccccc4)cc3)ccc2n1. The third kappa shape index (κ3) is 4.22. The predicted molar refractivity (Wildman–Crippen MR) is 129 cm³/mol. The van der Waals surface area contributed by atoms with Gasteiger partial charge in [0.15, 0.2) is 0 Å². The Morgan fingerprint density at radius 2 is 1.53 bits per heavy atom. The van der Waals surface area contributed by atoms with Crippen molar-refractivity contribution >= 4 is 38.2 Å². The summed E-state index contributed by atoms with van der Waals surface area (Å²) in [6, 6.07) is 21.6. The Bertz CT molecular complexity index is 1340. The van der Waals surface area contributed by atoms with Crippen LogP contribution in [0.3, 0.4) is 0 Å². The van der Waals surface area contributed by atoms with E-state index < -0.39 is 9.84 Å². The molecule has 0 unspecified atom stereocenters. The van der Waals surface area contributed by atoms with Crippen molar-refractivity contribution in [1.29, 1.82) is 0 Å². The van der Waals surface area contributed by atoms with Crippen LogP contribution in [0.4, 0.5) is 17.5 Å². The lowest BCUT2D eigenvalue weighted by molar-refractivity contribution is 0.596. The smallest absolute Gasteiger partial charge is 0.224 e. The number of hydrogen-bond acceptors (Lipinski definition) is 7. The van der Waals surface area contributed by atoms with Gasteiger partial charge in [-0.05, 0) is 48.0 Å². The van der Waals surface area contributed by atoms with Gasteiger partial charge in [-0.3, -0.25) is 0 Å². The van der Waals surface area contributed by atoms with Crippen LogP contribution < -0.4 is 15.5 Å². The molecule has 0 spiro atoms. The topological polar surface area (TPSA) is 87.2 Å². The summed E-state index contributed by atoms with van der Waals surface area (Å²) in [5, 5.41) is 7.03. The number of anilines is 3. The third-order valence-electron chi connectivity index (χ3n) is 5.29. The monoisotopic (exact) mass is 447 g/mol. The number of hydrogen-bond donors (Lipinski definition) is 2. The molecule has 0 aliphatic rings. The quantitative estimate of drug-likeness (QED) is 0.439. The van der Waals surface area contributed by atoms with Gasteiger partial charge in [-0.25, -0.2) is 13.4 Å². The van der Waals surface area contributed by atoms with E-state index in [0.717, 1.165) is 28.0 Å². The van der Waals surface area contributed by atoms with Crippen LogP contribution >= 0.6 is 0 Å². The number of nitrogens with zero attached hydrogens (tertiary/aromatic N) is 3. The first-order valence-electron chi connectivity index (χ1n) is 10.2. The van der Waals surface area contributed by atoms with Gasteiger partial charge >= 0.3 is 0 Å². The maximum Gasteiger partial charge on any atom is 0.224 e. The summed E-state index contributed by atoms with van der Waals surface area (Å²) in [5.74, 6) is 1.32. The number of fused-ring (bicyclic) bond motifs is 1. The number of benzene rings is 3. The van der Waals surface area contributed by atoms with Crippen LogP contribution in [-0.4, -0.2) is 39.5 Å². The molecule has 0 radical (unpaired) electrons. The summed E-state index contributed by atoms with van der Waals surface area (Å²) in [4.78, 5) is 11.7. The Labute approximate surface area is 188 Å². The summed E-state index contributed by atoms with van der Waals surface area (Å²) < 4.78 is 25.6. The summed E-state index contributed by atoms with van der Waals surface area (Å²) in [5.41, 5.74) is 2.87. The highest BCUT2D eigenvalue weighted by Crippen LogP contribution is 2.27. The highest BCUT2D eigenvalue weighted by molar-refractivity contribution is 7.91. The van der Waals surface area contributed by atoms with Crippen LogP contribution in [0, 0.1) is 0 Å². The van der Waals surface area contributed by atoms with E-state index in [1.165, 1.54) is 0 Å². The van der Waals surface area contributed by atoms with E-state index >= 15 is 0 Å². The van der Waals surface area contributed by atoms with E-state index in [1.54, 1.807) is 49.5 Å². The molecule has 0 aliphatic heterocycles. The lowest BCUT2D eigenvalue weighted by atomic mass is 10.1. The van der Waals surface area contributed by atoms with Crippen LogP contribution in [0.1, 0.15) is 5.56 Å². The Morgan fingerprint density at radius 3 is 2.19 bits per heavy atom. The molecule has 7 nitrogen and oxygen atoms in total. The van der Waals surface area contributed by atoms with Crippen molar-refractivity contribution in [2.45, 2.75) is 16.3 Å². The molecule has 3 aromatic carbocycles. The van der Waals surface area contributed by atoms with Crippen LogP contribution in [0.25, 0.3) is 10.9 Å². The van der Waals surface area contributed by atoms with Crippen LogP contribution in [0.2, 0.25) is 0 Å². The van der Waals surface area contributed by atoms with Crippen molar-refractivity contribution in [3.63, 3.8) is 0 Å². The van der Waals surface area contributed by atoms with E-state index in [9.17, 15) is 8.42 Å². The maximum absolute atomic E-state index is 12.8. The molecule has 32 heavy (non-hydrogen) atoms. The Kier molecular flexibility index (Phi) is 5.96. The van der Waals surface area contributed by atoms with E-state index in [0.29, 0.717) is 17.4 Å². The number of sulfone groups is 1. The first-order chi connectivity index (χ1) is 15.4. The highest BCUT2D eigenvalue weighted by Gasteiger charge is 2.17. The predicted octanol–water partition coefficient (Wildman–Crippen LogP) is 4.18. The first-order valence-corrected chi connectivity index (χ1v) is 11.7. The zero-order valence-corrected chi connectivity index (χ0v) is 19.0. The minimum Gasteiger partial charge on any atom is -0.372 e. The summed E-state index contributed by atoms with van der Waals surface area (Å²) in [6.45, 7) is 0.627. The zero-order chi connectivity index (χ0) is 22.7. The second kappa shape index (κ2) is 8.84. The Morgan fingerprint density at radius 1 is 0.844 bits per heavy atom. The lowest BCUT2D eigenvalue weighted by Gasteiger charge is -2.20. The number of nitrogens with one attached hydrogen (secondary N) is 2. The van der Waals surface area contributed by atoms with Crippen molar-refractivity contribution in [2.75, 3.05) is 36.7 Å². The molecule has 0 bridgehead atoms. The molecular weight excluding hydrogens is 422 g/mol. The van der Waals surface area contributed by atoms with Crippen molar-refractivity contribution < 1.29 is 8.42 Å². The molecule has 0 amide bonds. The summed E-state index contributed by atoms with van der Waals surface area (Å²) in [6.07, 6.45) is 0. The molecule has 2 N–H and O–H groups in total. The van der Waals surface area contributed by atoms with E-state index in [1.807, 2.05) is 38.4 Å². The fourth-order valence-corrected chi connectivity index (χ4v) is 4.81. The van der Waals surface area contributed by atoms with Gasteiger partial charge in [0.2, 0.25) is 15.8 Å². The average molecular weight is 448 g/mol. The van der Waals surface area contributed by atoms with E-state index in [2.05, 4.69) is 31.6 Å². The molecule has 0 saturated carbocycles. The van der Waals surface area contributed by atoms with Gasteiger partial charge in [-0.15, -0.1) is 0 Å². The average Bonchev–Trinajstić information content (AvgIpc) is 2.83. The fraction of sp³-hybridized carbons (Fsp3) is 0.167. The van der Waals surface area contributed by atoms with Crippen LogP contribution in [-0.2, 0) is 16.4 Å². The van der Waals surface area contributed by atoms with E-state index in [4.69, 9.17) is 0 Å². The molecule has 0 fully saturated rings. The van der Waals surface area contributed by atoms with Gasteiger partial charge < -0.3 is 15.5 Å². The number of aromatic nitrogens is 2. The van der Waals surface area contributed by atoms with Crippen molar-refractivity contribution in [1.82, 2.24) is 9.97 Å². The second-order valence-corrected chi connectivity index (χ2v) is 9.36. The fourth-order valence-electron chi connectivity index (χ4n) is 3.53. The second-order valence-electron chi connectivity index (χ2n) is 7.41. The van der Waals surface area contributed by atoms with Gasteiger partial charge in [0, 0.05) is 38.8 Å². The summed E-state index contributed by atoms with van der Waals surface area (Å²) in [7, 11) is 2.11. The molecule has 0 saturated heterocycles. The molecule has 4 aromatic rings. The standard InChI is InChI=1S/C24H25N5O2S/c1-25-23-21-15-18(11-14-22(21)27-24(26-2)28-23)29(3)16-17-9-12-20(13-10-17)32(30,31)19-7-5-4-6-8-19/h4-15H,16H2,1-3H3,(H2,25,26,27,28). The van der Waals surface area contributed by atoms with Crippen LogP contribution in [0.15, 0.2) is 82.6 Å². The Balaban J connectivity index is 1.56. The maximum atomic E-state index is 12.8. The number of rotatable bonds is 7. The minimum absolute atomic E-state index is 0.289. The molecule has 1 heterocycles.